The average Bonchev–Trinajstić information content (AvgIpc) is 2.78. The molecule has 2 aromatic rings. The van der Waals surface area contributed by atoms with Crippen molar-refractivity contribution in [3.8, 4) is 5.75 Å². The normalized spacial score (nSPS) is 12.2. The van der Waals surface area contributed by atoms with Gasteiger partial charge in [-0.15, -0.1) is 0 Å². The van der Waals surface area contributed by atoms with Crippen LogP contribution in [0, 0.1) is 13.8 Å². The molecule has 2 aromatic carbocycles. The quantitative estimate of drug-likeness (QED) is 0.293. The van der Waals surface area contributed by atoms with Gasteiger partial charge in [-0.05, 0) is 67.6 Å². The van der Waals surface area contributed by atoms with E-state index in [0.717, 1.165) is 38.8 Å². The maximum absolute atomic E-state index is 10.2. The average molecular weight is 446 g/mol. The molecule has 0 aromatic heterocycles. The van der Waals surface area contributed by atoms with E-state index in [4.69, 9.17) is 9.47 Å². The Morgan fingerprint density at radius 3 is 2.38 bits per heavy atom. The molecule has 0 aliphatic rings. The van der Waals surface area contributed by atoms with E-state index < -0.39 is 6.10 Å². The second kappa shape index (κ2) is 15.0. The molecule has 0 bridgehead atoms. The molecule has 0 spiro atoms. The Hall–Kier alpha value is -1.96. The van der Waals surface area contributed by atoms with Crippen LogP contribution in [0.5, 0.6) is 5.75 Å². The van der Waals surface area contributed by atoms with Crippen molar-refractivity contribution in [2.24, 2.45) is 0 Å². The summed E-state index contributed by atoms with van der Waals surface area (Å²) >= 11 is 0. The van der Waals surface area contributed by atoms with Crippen molar-refractivity contribution < 1.29 is 24.8 Å². The molecule has 0 saturated heterocycles. The summed E-state index contributed by atoms with van der Waals surface area (Å²) < 4.78 is 11.4. The first-order valence-electron chi connectivity index (χ1n) is 11.5. The van der Waals surface area contributed by atoms with Crippen LogP contribution in [-0.4, -0.2) is 48.2 Å². The van der Waals surface area contributed by atoms with Crippen LogP contribution in [0.2, 0.25) is 0 Å². The summed E-state index contributed by atoms with van der Waals surface area (Å²) in [6.07, 6.45) is 3.65. The van der Waals surface area contributed by atoms with Gasteiger partial charge in [0.25, 0.3) is 0 Å². The lowest BCUT2D eigenvalue weighted by molar-refractivity contribution is 0.0389. The third kappa shape index (κ3) is 9.27. The number of phenols is 1. The lowest BCUT2D eigenvalue weighted by Crippen LogP contribution is -2.22. The fourth-order valence-electron chi connectivity index (χ4n) is 3.57. The lowest BCUT2D eigenvalue weighted by atomic mass is 10.0. The Morgan fingerprint density at radius 2 is 1.62 bits per heavy atom. The van der Waals surface area contributed by atoms with E-state index in [1.54, 1.807) is 12.1 Å². The molecule has 0 fully saturated rings. The molecule has 6 heteroatoms. The second-order valence-electron chi connectivity index (χ2n) is 8.22. The zero-order chi connectivity index (χ0) is 23.2. The fourth-order valence-corrected chi connectivity index (χ4v) is 3.57. The zero-order valence-electron chi connectivity index (χ0n) is 19.5. The summed E-state index contributed by atoms with van der Waals surface area (Å²) in [5.41, 5.74) is 4.93. The van der Waals surface area contributed by atoms with Crippen LogP contribution in [0.3, 0.4) is 0 Å². The van der Waals surface area contributed by atoms with Crippen molar-refractivity contribution in [1.29, 1.82) is 0 Å². The van der Waals surface area contributed by atoms with E-state index in [1.165, 1.54) is 22.8 Å². The van der Waals surface area contributed by atoms with Gasteiger partial charge in [-0.25, -0.2) is 0 Å². The number of hydrogen-bond acceptors (Lipinski definition) is 6. The Morgan fingerprint density at radius 1 is 0.906 bits per heavy atom. The molecular weight excluding hydrogens is 406 g/mol. The maximum atomic E-state index is 10.2. The van der Waals surface area contributed by atoms with Crippen molar-refractivity contribution in [3.63, 3.8) is 0 Å². The summed E-state index contributed by atoms with van der Waals surface area (Å²) in [4.78, 5) is 0. The number of hydrogen-bond donors (Lipinski definition) is 4. The molecule has 178 valence electrons. The first-order chi connectivity index (χ1) is 15.5. The number of unbranched alkanes of at least 4 members (excludes halogenated alkanes) is 3. The Balaban J connectivity index is 1.42. The number of aliphatic hydroxyl groups excluding tert-OH is 2. The standard InChI is InChI=1S/C26H39NO5/c1-20-8-7-9-21(2)24(20)19-32-15-14-31-13-6-4-3-5-12-27-17-26(30)22-10-11-25(29)23(16-22)18-28/h7-11,16,26-30H,3-6,12-15,17-19H2,1-2H3. The van der Waals surface area contributed by atoms with Gasteiger partial charge in [0.2, 0.25) is 0 Å². The minimum Gasteiger partial charge on any atom is -0.508 e. The molecule has 1 unspecified atom stereocenters. The highest BCUT2D eigenvalue weighted by atomic mass is 16.5. The van der Waals surface area contributed by atoms with Crippen LogP contribution in [0.15, 0.2) is 36.4 Å². The fraction of sp³-hybridized carbons (Fsp3) is 0.538. The molecule has 0 heterocycles. The monoisotopic (exact) mass is 445 g/mol. The Bertz CT molecular complexity index is 776. The highest BCUT2D eigenvalue weighted by Crippen LogP contribution is 2.22. The van der Waals surface area contributed by atoms with Crippen LogP contribution in [0.1, 0.15) is 59.6 Å². The minimum atomic E-state index is -0.661. The van der Waals surface area contributed by atoms with Gasteiger partial charge in [0.05, 0.1) is 32.5 Å². The van der Waals surface area contributed by atoms with Crippen LogP contribution < -0.4 is 5.32 Å². The third-order valence-corrected chi connectivity index (χ3v) is 5.65. The predicted molar refractivity (Wildman–Crippen MR) is 127 cm³/mol. The molecule has 0 aliphatic heterocycles. The highest BCUT2D eigenvalue weighted by molar-refractivity contribution is 5.36. The number of rotatable bonds is 16. The van der Waals surface area contributed by atoms with E-state index in [2.05, 4.69) is 37.4 Å². The zero-order valence-corrected chi connectivity index (χ0v) is 19.5. The molecule has 0 saturated carbocycles. The molecule has 0 aliphatic carbocycles. The number of ether oxygens (including phenoxy) is 2. The summed E-state index contributed by atoms with van der Waals surface area (Å²) in [6, 6.07) is 11.1. The van der Waals surface area contributed by atoms with Crippen molar-refractivity contribution in [1.82, 2.24) is 5.32 Å². The van der Waals surface area contributed by atoms with E-state index in [0.29, 0.717) is 37.5 Å². The lowest BCUT2D eigenvalue weighted by Gasteiger charge is -2.14. The Kier molecular flexibility index (Phi) is 12.3. The number of aliphatic hydroxyl groups is 2. The van der Waals surface area contributed by atoms with Gasteiger partial charge >= 0.3 is 0 Å². The minimum absolute atomic E-state index is 0.0465. The second-order valence-corrected chi connectivity index (χ2v) is 8.22. The smallest absolute Gasteiger partial charge is 0.121 e. The molecule has 2 rings (SSSR count). The number of aryl methyl sites for hydroxylation is 2. The topological polar surface area (TPSA) is 91.2 Å². The van der Waals surface area contributed by atoms with Crippen molar-refractivity contribution in [2.45, 2.75) is 58.8 Å². The number of nitrogens with one attached hydrogen (secondary N) is 1. The molecule has 1 atom stereocenters. The summed E-state index contributed by atoms with van der Waals surface area (Å²) in [5.74, 6) is 0.0465. The first-order valence-corrected chi connectivity index (χ1v) is 11.5. The van der Waals surface area contributed by atoms with E-state index in [1.807, 2.05) is 0 Å². The van der Waals surface area contributed by atoms with Crippen LogP contribution >= 0.6 is 0 Å². The largest absolute Gasteiger partial charge is 0.508 e. The summed E-state index contributed by atoms with van der Waals surface area (Å²) in [5, 5.41) is 32.3. The van der Waals surface area contributed by atoms with Crippen molar-refractivity contribution >= 4 is 0 Å². The predicted octanol–water partition coefficient (Wildman–Crippen LogP) is 3.92. The van der Waals surface area contributed by atoms with Gasteiger partial charge in [-0.1, -0.05) is 37.1 Å². The van der Waals surface area contributed by atoms with Gasteiger partial charge in [0.1, 0.15) is 5.75 Å². The summed E-state index contributed by atoms with van der Waals surface area (Å²) in [7, 11) is 0. The number of benzene rings is 2. The molecule has 32 heavy (non-hydrogen) atoms. The molecular formula is C26H39NO5. The van der Waals surface area contributed by atoms with Crippen LogP contribution in [0.4, 0.5) is 0 Å². The molecule has 6 nitrogen and oxygen atoms in total. The van der Waals surface area contributed by atoms with Crippen LogP contribution in [-0.2, 0) is 22.7 Å². The van der Waals surface area contributed by atoms with E-state index in [9.17, 15) is 15.3 Å². The van der Waals surface area contributed by atoms with Gasteiger partial charge in [-0.3, -0.25) is 0 Å². The molecule has 0 amide bonds. The molecule has 4 N–H and O–H groups in total. The summed E-state index contributed by atoms with van der Waals surface area (Å²) in [6.45, 7) is 7.90. The van der Waals surface area contributed by atoms with E-state index in [-0.39, 0.29) is 12.4 Å². The maximum Gasteiger partial charge on any atom is 0.121 e. The number of aromatic hydroxyl groups is 1. The SMILES string of the molecule is Cc1cccc(C)c1COCCOCCCCCCNCC(O)c1ccc(O)c(CO)c1. The Labute approximate surface area is 192 Å². The van der Waals surface area contributed by atoms with Gasteiger partial charge in [0.15, 0.2) is 0 Å². The van der Waals surface area contributed by atoms with Crippen molar-refractivity contribution in [2.75, 3.05) is 32.9 Å². The van der Waals surface area contributed by atoms with Crippen molar-refractivity contribution in [3.05, 3.63) is 64.2 Å². The van der Waals surface area contributed by atoms with Gasteiger partial charge in [0, 0.05) is 18.7 Å². The highest BCUT2D eigenvalue weighted by Gasteiger charge is 2.10. The third-order valence-electron chi connectivity index (χ3n) is 5.65. The first kappa shape index (κ1) is 26.3. The van der Waals surface area contributed by atoms with Gasteiger partial charge in [-0.2, -0.15) is 0 Å². The van der Waals surface area contributed by atoms with Crippen LogP contribution in [0.25, 0.3) is 0 Å². The van der Waals surface area contributed by atoms with Gasteiger partial charge < -0.3 is 30.1 Å². The van der Waals surface area contributed by atoms with E-state index >= 15 is 0 Å². The molecule has 0 radical (unpaired) electrons.